The van der Waals surface area contributed by atoms with Crippen molar-refractivity contribution in [1.29, 1.82) is 0 Å². The van der Waals surface area contributed by atoms with Gasteiger partial charge in [-0.3, -0.25) is 4.79 Å². The highest BCUT2D eigenvalue weighted by atomic mass is 32.2. The van der Waals surface area contributed by atoms with Crippen molar-refractivity contribution in [2.45, 2.75) is 43.5 Å². The summed E-state index contributed by atoms with van der Waals surface area (Å²) in [6.45, 7) is 2.09. The van der Waals surface area contributed by atoms with E-state index in [1.54, 1.807) is 11.8 Å². The first kappa shape index (κ1) is 15.9. The van der Waals surface area contributed by atoms with E-state index in [0.29, 0.717) is 12.1 Å². The van der Waals surface area contributed by atoms with Crippen LogP contribution in [0.5, 0.6) is 0 Å². The highest BCUT2D eigenvalue weighted by molar-refractivity contribution is 7.97. The molecule has 4 heteroatoms. The van der Waals surface area contributed by atoms with Crippen LogP contribution < -0.4 is 0 Å². The van der Waals surface area contributed by atoms with Gasteiger partial charge in [-0.2, -0.15) is 11.8 Å². The summed E-state index contributed by atoms with van der Waals surface area (Å²) in [5.74, 6) is 1.20. The second-order valence-corrected chi connectivity index (χ2v) is 7.40. The molecule has 120 valence electrons. The molecule has 2 aliphatic heterocycles. The summed E-state index contributed by atoms with van der Waals surface area (Å²) in [4.78, 5) is 17.6. The zero-order valence-corrected chi connectivity index (χ0v) is 14.4. The quantitative estimate of drug-likeness (QED) is 0.851. The van der Waals surface area contributed by atoms with Gasteiger partial charge in [-0.15, -0.1) is 0 Å². The summed E-state index contributed by atoms with van der Waals surface area (Å²) in [7, 11) is 2.21. The molecular weight excluding hydrogens is 292 g/mol. The van der Waals surface area contributed by atoms with Gasteiger partial charge >= 0.3 is 0 Å². The third-order valence-electron chi connectivity index (χ3n) is 5.07. The minimum atomic E-state index is 0.228. The number of thioether (sulfide) groups is 1. The number of carbonyl (C=O) groups excluding carboxylic acids is 1. The van der Waals surface area contributed by atoms with Crippen molar-refractivity contribution in [3.8, 4) is 0 Å². The Kier molecular flexibility index (Phi) is 5.09. The summed E-state index contributed by atoms with van der Waals surface area (Å²) in [5, 5.41) is 0. The van der Waals surface area contributed by atoms with Gasteiger partial charge in [0.15, 0.2) is 0 Å². The highest BCUT2D eigenvalue weighted by Gasteiger charge is 2.38. The lowest BCUT2D eigenvalue weighted by molar-refractivity contribution is 0.0664. The number of likely N-dealkylation sites (N-methyl/N-ethyl adjacent to an activating group) is 1. The van der Waals surface area contributed by atoms with Crippen molar-refractivity contribution < 1.29 is 4.79 Å². The minimum absolute atomic E-state index is 0.228. The SMILES string of the molecule is CSCc1cccc(C(=O)N2CCC[C@@H]2[C@@H]2CCCN2C)c1. The average Bonchev–Trinajstić information content (AvgIpc) is 3.15. The van der Waals surface area contributed by atoms with Crippen LogP contribution in [0.1, 0.15) is 41.6 Å². The Morgan fingerprint density at radius 3 is 2.73 bits per heavy atom. The Hall–Kier alpha value is -1.00. The summed E-state index contributed by atoms with van der Waals surface area (Å²) >= 11 is 1.80. The zero-order valence-electron chi connectivity index (χ0n) is 13.6. The molecule has 3 rings (SSSR count). The lowest BCUT2D eigenvalue weighted by atomic mass is 10.0. The molecule has 0 spiro atoms. The summed E-state index contributed by atoms with van der Waals surface area (Å²) < 4.78 is 0. The van der Waals surface area contributed by atoms with E-state index in [4.69, 9.17) is 0 Å². The van der Waals surface area contributed by atoms with Crippen LogP contribution in [-0.2, 0) is 5.75 Å². The van der Waals surface area contributed by atoms with Gasteiger partial charge in [0.05, 0.1) is 0 Å². The van der Waals surface area contributed by atoms with Crippen molar-refractivity contribution in [2.75, 3.05) is 26.4 Å². The Morgan fingerprint density at radius 1 is 1.23 bits per heavy atom. The minimum Gasteiger partial charge on any atom is -0.334 e. The van der Waals surface area contributed by atoms with E-state index >= 15 is 0 Å². The van der Waals surface area contributed by atoms with Gasteiger partial charge < -0.3 is 9.80 Å². The predicted octanol–water partition coefficient (Wildman–Crippen LogP) is 3.25. The van der Waals surface area contributed by atoms with Gasteiger partial charge in [-0.25, -0.2) is 0 Å². The number of hydrogen-bond acceptors (Lipinski definition) is 3. The van der Waals surface area contributed by atoms with Gasteiger partial charge in [0, 0.05) is 29.9 Å². The fraction of sp³-hybridized carbons (Fsp3) is 0.611. The van der Waals surface area contributed by atoms with Gasteiger partial charge in [-0.05, 0) is 63.2 Å². The maximum atomic E-state index is 13.0. The van der Waals surface area contributed by atoms with Crippen LogP contribution in [0, 0.1) is 0 Å². The van der Waals surface area contributed by atoms with Crippen LogP contribution in [0.3, 0.4) is 0 Å². The van der Waals surface area contributed by atoms with Crippen LogP contribution >= 0.6 is 11.8 Å². The number of likely N-dealkylation sites (tertiary alicyclic amines) is 2. The standard InChI is InChI=1S/C18H26N2OS/c1-19-10-4-8-16(19)17-9-5-11-20(17)18(21)15-7-3-6-14(12-15)13-22-2/h3,6-7,12,16-17H,4-5,8-11,13H2,1-2H3/t16-,17+/m0/s1. The second kappa shape index (κ2) is 7.05. The van der Waals surface area contributed by atoms with Gasteiger partial charge in [0.1, 0.15) is 0 Å². The number of benzene rings is 1. The van der Waals surface area contributed by atoms with Gasteiger partial charge in [0.25, 0.3) is 5.91 Å². The molecule has 1 aromatic rings. The molecule has 2 aliphatic rings. The molecule has 0 aliphatic carbocycles. The normalized spacial score (nSPS) is 25.8. The third-order valence-corrected chi connectivity index (χ3v) is 5.69. The lowest BCUT2D eigenvalue weighted by Gasteiger charge is -2.33. The Labute approximate surface area is 138 Å². The van der Waals surface area contributed by atoms with Crippen LogP contribution in [0.25, 0.3) is 0 Å². The van der Waals surface area contributed by atoms with Crippen molar-refractivity contribution in [3.63, 3.8) is 0 Å². The molecule has 2 heterocycles. The van der Waals surface area contributed by atoms with E-state index < -0.39 is 0 Å². The van der Waals surface area contributed by atoms with Crippen LogP contribution in [0.15, 0.2) is 24.3 Å². The summed E-state index contributed by atoms with van der Waals surface area (Å²) in [6.07, 6.45) is 6.90. The highest BCUT2D eigenvalue weighted by Crippen LogP contribution is 2.30. The van der Waals surface area contributed by atoms with Gasteiger partial charge in [-0.1, -0.05) is 12.1 Å². The molecule has 0 bridgehead atoms. The molecule has 0 N–H and O–H groups in total. The van der Waals surface area contributed by atoms with Gasteiger partial charge in [0.2, 0.25) is 0 Å². The van der Waals surface area contributed by atoms with E-state index in [2.05, 4.69) is 35.2 Å². The topological polar surface area (TPSA) is 23.6 Å². The number of nitrogens with zero attached hydrogens (tertiary/aromatic N) is 2. The molecule has 0 aromatic heterocycles. The molecule has 3 nitrogen and oxygen atoms in total. The monoisotopic (exact) mass is 318 g/mol. The number of carbonyl (C=O) groups is 1. The molecule has 2 atom stereocenters. The van der Waals surface area contributed by atoms with Crippen LogP contribution in [0.2, 0.25) is 0 Å². The average molecular weight is 318 g/mol. The smallest absolute Gasteiger partial charge is 0.254 e. The van der Waals surface area contributed by atoms with Crippen molar-refractivity contribution in [1.82, 2.24) is 9.80 Å². The Bertz CT molecular complexity index is 534. The zero-order chi connectivity index (χ0) is 15.5. The fourth-order valence-electron chi connectivity index (χ4n) is 3.99. The molecule has 22 heavy (non-hydrogen) atoms. The maximum Gasteiger partial charge on any atom is 0.254 e. The molecule has 1 amide bonds. The van der Waals surface area contributed by atoms with Crippen LogP contribution in [-0.4, -0.2) is 54.2 Å². The molecule has 1 aromatic carbocycles. The number of rotatable bonds is 4. The van der Waals surface area contributed by atoms with E-state index in [0.717, 1.165) is 30.7 Å². The Morgan fingerprint density at radius 2 is 2.00 bits per heavy atom. The number of hydrogen-bond donors (Lipinski definition) is 0. The van der Waals surface area contributed by atoms with E-state index in [1.165, 1.54) is 24.9 Å². The first-order valence-electron chi connectivity index (χ1n) is 8.30. The number of amides is 1. The second-order valence-electron chi connectivity index (χ2n) is 6.53. The molecule has 0 saturated carbocycles. The predicted molar refractivity (Wildman–Crippen MR) is 93.4 cm³/mol. The maximum absolute atomic E-state index is 13.0. The largest absolute Gasteiger partial charge is 0.334 e. The molecule has 0 radical (unpaired) electrons. The first-order valence-corrected chi connectivity index (χ1v) is 9.69. The lowest BCUT2D eigenvalue weighted by Crippen LogP contribution is -2.47. The van der Waals surface area contributed by atoms with Crippen molar-refractivity contribution >= 4 is 17.7 Å². The first-order chi connectivity index (χ1) is 10.7. The molecule has 0 unspecified atom stereocenters. The van der Waals surface area contributed by atoms with E-state index in [-0.39, 0.29) is 5.91 Å². The Balaban J connectivity index is 1.77. The molecular formula is C18H26N2OS. The third kappa shape index (κ3) is 3.18. The van der Waals surface area contributed by atoms with Crippen molar-refractivity contribution in [3.05, 3.63) is 35.4 Å². The molecule has 2 fully saturated rings. The fourth-order valence-corrected chi connectivity index (χ4v) is 4.51. The summed E-state index contributed by atoms with van der Waals surface area (Å²) in [5.41, 5.74) is 2.10. The van der Waals surface area contributed by atoms with Crippen LogP contribution in [0.4, 0.5) is 0 Å². The van der Waals surface area contributed by atoms with Crippen molar-refractivity contribution in [2.24, 2.45) is 0 Å². The summed E-state index contributed by atoms with van der Waals surface area (Å²) in [6, 6.07) is 9.14. The molecule has 2 saturated heterocycles. The van der Waals surface area contributed by atoms with E-state index in [9.17, 15) is 4.79 Å². The van der Waals surface area contributed by atoms with E-state index in [1.807, 2.05) is 12.1 Å².